The highest BCUT2D eigenvalue weighted by Crippen LogP contribution is 2.27. The quantitative estimate of drug-likeness (QED) is 0.809. The van der Waals surface area contributed by atoms with Gasteiger partial charge < -0.3 is 10.5 Å². The molecular weight excluding hydrogens is 242 g/mol. The Hall–Kier alpha value is -1.19. The summed E-state index contributed by atoms with van der Waals surface area (Å²) in [5.41, 5.74) is 6.97. The Kier molecular flexibility index (Phi) is 4.90. The Morgan fingerprint density at radius 1 is 1.17 bits per heavy atom. The third kappa shape index (κ3) is 2.98. The standard InChI is InChI=1S/C15H19NOS/c1-2-18-10-9-17-15-8-7-12-5-3-4-6-13(12)14(15)11-16/h3-8H,2,9-11,16H2,1H3. The molecule has 0 spiro atoms. The lowest BCUT2D eigenvalue weighted by Gasteiger charge is -2.12. The van der Waals surface area contributed by atoms with E-state index in [1.165, 1.54) is 10.8 Å². The summed E-state index contributed by atoms with van der Waals surface area (Å²) in [6.45, 7) is 3.41. The molecule has 2 nitrogen and oxygen atoms in total. The highest BCUT2D eigenvalue weighted by atomic mass is 32.2. The topological polar surface area (TPSA) is 35.2 Å². The number of fused-ring (bicyclic) bond motifs is 1. The number of hydrogen-bond acceptors (Lipinski definition) is 3. The fourth-order valence-electron chi connectivity index (χ4n) is 2.02. The van der Waals surface area contributed by atoms with Crippen LogP contribution in [0.1, 0.15) is 12.5 Å². The lowest BCUT2D eigenvalue weighted by molar-refractivity contribution is 0.341. The lowest BCUT2D eigenvalue weighted by Crippen LogP contribution is -2.06. The zero-order valence-electron chi connectivity index (χ0n) is 10.7. The van der Waals surface area contributed by atoms with Crippen molar-refractivity contribution in [2.24, 2.45) is 5.73 Å². The molecule has 0 bridgehead atoms. The van der Waals surface area contributed by atoms with Crippen molar-refractivity contribution in [1.29, 1.82) is 0 Å². The molecule has 0 aliphatic carbocycles. The molecule has 0 aliphatic rings. The van der Waals surface area contributed by atoms with Gasteiger partial charge in [0.25, 0.3) is 0 Å². The predicted octanol–water partition coefficient (Wildman–Crippen LogP) is 3.43. The lowest BCUT2D eigenvalue weighted by atomic mass is 10.0. The van der Waals surface area contributed by atoms with Crippen molar-refractivity contribution in [1.82, 2.24) is 0 Å². The fourth-order valence-corrected chi connectivity index (χ4v) is 2.51. The molecule has 2 aromatic rings. The van der Waals surface area contributed by atoms with Crippen molar-refractivity contribution >= 4 is 22.5 Å². The Morgan fingerprint density at radius 3 is 2.78 bits per heavy atom. The minimum absolute atomic E-state index is 0.512. The molecule has 2 aromatic carbocycles. The first kappa shape index (κ1) is 13.2. The highest BCUT2D eigenvalue weighted by molar-refractivity contribution is 7.99. The number of rotatable bonds is 6. The molecular formula is C15H19NOS. The van der Waals surface area contributed by atoms with E-state index in [4.69, 9.17) is 10.5 Å². The molecule has 0 saturated heterocycles. The maximum absolute atomic E-state index is 5.86. The number of ether oxygens (including phenoxy) is 1. The number of nitrogens with two attached hydrogens (primary N) is 1. The van der Waals surface area contributed by atoms with Crippen LogP contribution in [0.5, 0.6) is 5.75 Å². The summed E-state index contributed by atoms with van der Waals surface area (Å²) in [5, 5.41) is 2.41. The zero-order valence-corrected chi connectivity index (χ0v) is 11.5. The third-order valence-electron chi connectivity index (χ3n) is 2.89. The second-order valence-electron chi connectivity index (χ2n) is 4.01. The van der Waals surface area contributed by atoms with Crippen LogP contribution in [-0.2, 0) is 6.54 Å². The van der Waals surface area contributed by atoms with Gasteiger partial charge in [-0.15, -0.1) is 0 Å². The molecule has 96 valence electrons. The predicted molar refractivity (Wildman–Crippen MR) is 80.3 cm³/mol. The Morgan fingerprint density at radius 2 is 2.00 bits per heavy atom. The largest absolute Gasteiger partial charge is 0.492 e. The van der Waals surface area contributed by atoms with Gasteiger partial charge in [-0.2, -0.15) is 11.8 Å². The summed E-state index contributed by atoms with van der Waals surface area (Å²) < 4.78 is 5.84. The van der Waals surface area contributed by atoms with Gasteiger partial charge in [0.2, 0.25) is 0 Å². The van der Waals surface area contributed by atoms with E-state index in [0.717, 1.165) is 29.4 Å². The van der Waals surface area contributed by atoms with E-state index >= 15 is 0 Å². The van der Waals surface area contributed by atoms with E-state index in [0.29, 0.717) is 6.54 Å². The van der Waals surface area contributed by atoms with Gasteiger partial charge in [-0.1, -0.05) is 37.3 Å². The van der Waals surface area contributed by atoms with Crippen LogP contribution < -0.4 is 10.5 Å². The van der Waals surface area contributed by atoms with Gasteiger partial charge >= 0.3 is 0 Å². The van der Waals surface area contributed by atoms with Gasteiger partial charge in [-0.05, 0) is 22.6 Å². The Bertz CT molecular complexity index is 513. The Balaban J connectivity index is 2.22. The van der Waals surface area contributed by atoms with Crippen molar-refractivity contribution in [2.45, 2.75) is 13.5 Å². The summed E-state index contributed by atoms with van der Waals surface area (Å²) >= 11 is 1.89. The van der Waals surface area contributed by atoms with Crippen molar-refractivity contribution in [3.05, 3.63) is 42.0 Å². The molecule has 0 saturated carbocycles. The zero-order chi connectivity index (χ0) is 12.8. The maximum Gasteiger partial charge on any atom is 0.124 e. The van der Waals surface area contributed by atoms with Crippen molar-refractivity contribution < 1.29 is 4.74 Å². The van der Waals surface area contributed by atoms with Crippen LogP contribution in [0.2, 0.25) is 0 Å². The minimum atomic E-state index is 0.512. The SMILES string of the molecule is CCSCCOc1ccc2ccccc2c1CN. The first-order valence-electron chi connectivity index (χ1n) is 6.28. The number of benzene rings is 2. The molecule has 0 fully saturated rings. The van der Waals surface area contributed by atoms with E-state index in [2.05, 4.69) is 25.1 Å². The smallest absolute Gasteiger partial charge is 0.124 e. The molecule has 0 radical (unpaired) electrons. The van der Waals surface area contributed by atoms with Crippen LogP contribution in [-0.4, -0.2) is 18.1 Å². The van der Waals surface area contributed by atoms with Gasteiger partial charge in [0.05, 0.1) is 6.61 Å². The van der Waals surface area contributed by atoms with Crippen molar-refractivity contribution in [3.8, 4) is 5.75 Å². The maximum atomic E-state index is 5.86. The second-order valence-corrected chi connectivity index (χ2v) is 5.41. The molecule has 3 heteroatoms. The summed E-state index contributed by atoms with van der Waals surface area (Å²) in [5.74, 6) is 3.07. The van der Waals surface area contributed by atoms with E-state index < -0.39 is 0 Å². The number of hydrogen-bond donors (Lipinski definition) is 1. The van der Waals surface area contributed by atoms with Gasteiger partial charge in [-0.25, -0.2) is 0 Å². The van der Waals surface area contributed by atoms with Crippen LogP contribution in [0.3, 0.4) is 0 Å². The summed E-state index contributed by atoms with van der Waals surface area (Å²) in [7, 11) is 0. The van der Waals surface area contributed by atoms with Crippen LogP contribution in [0.4, 0.5) is 0 Å². The van der Waals surface area contributed by atoms with E-state index in [1.54, 1.807) is 0 Å². The van der Waals surface area contributed by atoms with Crippen LogP contribution in [0.15, 0.2) is 36.4 Å². The first-order chi connectivity index (χ1) is 8.86. The van der Waals surface area contributed by atoms with E-state index in [-0.39, 0.29) is 0 Å². The third-order valence-corrected chi connectivity index (χ3v) is 3.75. The molecule has 0 heterocycles. The van der Waals surface area contributed by atoms with Gasteiger partial charge in [0.15, 0.2) is 0 Å². The summed E-state index contributed by atoms with van der Waals surface area (Å²) in [6.07, 6.45) is 0. The average Bonchev–Trinajstić information content (AvgIpc) is 2.43. The van der Waals surface area contributed by atoms with E-state index in [1.807, 2.05) is 30.0 Å². The first-order valence-corrected chi connectivity index (χ1v) is 7.43. The van der Waals surface area contributed by atoms with Gasteiger partial charge in [0.1, 0.15) is 5.75 Å². The van der Waals surface area contributed by atoms with Gasteiger partial charge in [0, 0.05) is 17.9 Å². The highest BCUT2D eigenvalue weighted by Gasteiger charge is 2.06. The number of thioether (sulfide) groups is 1. The molecule has 0 amide bonds. The van der Waals surface area contributed by atoms with Crippen LogP contribution in [0, 0.1) is 0 Å². The molecule has 0 aromatic heterocycles. The molecule has 0 unspecified atom stereocenters. The van der Waals surface area contributed by atoms with Crippen molar-refractivity contribution in [2.75, 3.05) is 18.1 Å². The fraction of sp³-hybridized carbons (Fsp3) is 0.333. The molecule has 0 atom stereocenters. The van der Waals surface area contributed by atoms with Crippen molar-refractivity contribution in [3.63, 3.8) is 0 Å². The minimum Gasteiger partial charge on any atom is -0.492 e. The average molecular weight is 261 g/mol. The summed E-state index contributed by atoms with van der Waals surface area (Å²) in [4.78, 5) is 0. The molecule has 0 aliphatic heterocycles. The molecule has 2 N–H and O–H groups in total. The van der Waals surface area contributed by atoms with E-state index in [9.17, 15) is 0 Å². The van der Waals surface area contributed by atoms with Crippen LogP contribution in [0.25, 0.3) is 10.8 Å². The monoisotopic (exact) mass is 261 g/mol. The Labute approximate surface area is 113 Å². The summed E-state index contributed by atoms with van der Waals surface area (Å²) in [6, 6.07) is 12.4. The van der Waals surface area contributed by atoms with Gasteiger partial charge in [-0.3, -0.25) is 0 Å². The van der Waals surface area contributed by atoms with Crippen LogP contribution >= 0.6 is 11.8 Å². The molecule has 18 heavy (non-hydrogen) atoms. The normalized spacial score (nSPS) is 10.8. The molecule has 2 rings (SSSR count). The second kappa shape index (κ2) is 6.66.